The number of hydrogen-bond acceptors (Lipinski definition) is 3. The summed E-state index contributed by atoms with van der Waals surface area (Å²) in [6, 6.07) is 4.22. The van der Waals surface area contributed by atoms with Crippen molar-refractivity contribution in [2.24, 2.45) is 0 Å². The van der Waals surface area contributed by atoms with E-state index in [0.29, 0.717) is 0 Å². The fourth-order valence-electron chi connectivity index (χ4n) is 2.20. The molecule has 1 fully saturated rings. The minimum atomic E-state index is 0.0406. The second-order valence-electron chi connectivity index (χ2n) is 4.72. The van der Waals surface area contributed by atoms with E-state index in [2.05, 4.69) is 33.4 Å². The molecule has 1 N–H and O–H groups in total. The monoisotopic (exact) mass is 330 g/mol. The van der Waals surface area contributed by atoms with E-state index in [1.54, 1.807) is 11.3 Å². The van der Waals surface area contributed by atoms with E-state index in [1.165, 1.54) is 11.3 Å². The second-order valence-corrected chi connectivity index (χ2v) is 7.27. The molecule has 18 heavy (non-hydrogen) atoms. The Morgan fingerprint density at radius 2 is 2.39 bits per heavy atom. The van der Waals surface area contributed by atoms with Crippen molar-refractivity contribution in [2.75, 3.05) is 20.1 Å². The average Bonchev–Trinajstić information content (AvgIpc) is 2.82. The summed E-state index contributed by atoms with van der Waals surface area (Å²) in [6.45, 7) is 1.77. The van der Waals surface area contributed by atoms with Crippen LogP contribution in [0.2, 0.25) is 0 Å². The van der Waals surface area contributed by atoms with Gasteiger partial charge in [0.2, 0.25) is 5.91 Å². The van der Waals surface area contributed by atoms with E-state index in [4.69, 9.17) is 0 Å². The van der Waals surface area contributed by atoms with Crippen molar-refractivity contribution in [3.8, 4) is 0 Å². The maximum Gasteiger partial charge on any atom is 0.239 e. The molecular weight excluding hydrogens is 312 g/mol. The molecule has 2 heterocycles. The van der Waals surface area contributed by atoms with Crippen LogP contribution >= 0.6 is 27.3 Å². The Hall–Kier alpha value is -0.390. The van der Waals surface area contributed by atoms with Crippen LogP contribution in [0.3, 0.4) is 0 Å². The Bertz CT molecular complexity index is 401. The molecule has 0 saturated carbocycles. The lowest BCUT2D eigenvalue weighted by Crippen LogP contribution is -2.47. The number of amides is 1. The summed E-state index contributed by atoms with van der Waals surface area (Å²) in [5, 5.41) is 3.31. The van der Waals surface area contributed by atoms with Crippen LogP contribution in [0, 0.1) is 0 Å². The van der Waals surface area contributed by atoms with Gasteiger partial charge in [-0.05, 0) is 53.9 Å². The lowest BCUT2D eigenvalue weighted by Gasteiger charge is -2.27. The van der Waals surface area contributed by atoms with Crippen LogP contribution in [0.1, 0.15) is 24.1 Å². The molecule has 1 aliphatic rings. The maximum atomic E-state index is 12.2. The number of nitrogens with zero attached hydrogens (tertiary/aromatic N) is 1. The first kappa shape index (κ1) is 14.0. The van der Waals surface area contributed by atoms with Crippen molar-refractivity contribution in [1.29, 1.82) is 0 Å². The van der Waals surface area contributed by atoms with E-state index in [1.807, 2.05) is 11.9 Å². The molecule has 1 aromatic heterocycles. The first-order valence-corrected chi connectivity index (χ1v) is 8.00. The summed E-state index contributed by atoms with van der Waals surface area (Å²) in [5.41, 5.74) is 0. The number of carbonyl (C=O) groups is 1. The molecule has 1 aliphatic heterocycles. The molecule has 1 aromatic rings. The summed E-state index contributed by atoms with van der Waals surface area (Å²) >= 11 is 5.20. The van der Waals surface area contributed by atoms with Gasteiger partial charge in [-0.1, -0.05) is 6.42 Å². The zero-order chi connectivity index (χ0) is 13.0. The Kier molecular flexibility index (Phi) is 5.21. The third kappa shape index (κ3) is 3.80. The third-order valence-electron chi connectivity index (χ3n) is 3.31. The maximum absolute atomic E-state index is 12.2. The molecule has 0 aliphatic carbocycles. The zero-order valence-corrected chi connectivity index (χ0v) is 13.0. The van der Waals surface area contributed by atoms with E-state index in [-0.39, 0.29) is 11.9 Å². The van der Waals surface area contributed by atoms with Crippen LogP contribution in [0.5, 0.6) is 0 Å². The highest BCUT2D eigenvalue weighted by atomic mass is 79.9. The van der Waals surface area contributed by atoms with Gasteiger partial charge in [-0.25, -0.2) is 0 Å². The third-order valence-corrected chi connectivity index (χ3v) is 4.99. The van der Waals surface area contributed by atoms with Crippen LogP contribution in [-0.4, -0.2) is 37.0 Å². The van der Waals surface area contributed by atoms with Crippen LogP contribution in [0.25, 0.3) is 0 Å². The van der Waals surface area contributed by atoms with Crippen molar-refractivity contribution >= 4 is 33.2 Å². The number of hydrogen-bond donors (Lipinski definition) is 1. The molecular formula is C13H19BrN2OS. The normalized spacial score (nSPS) is 19.8. The van der Waals surface area contributed by atoms with E-state index >= 15 is 0 Å². The van der Waals surface area contributed by atoms with Gasteiger partial charge in [-0.15, -0.1) is 11.3 Å². The van der Waals surface area contributed by atoms with Gasteiger partial charge in [0.15, 0.2) is 0 Å². The second kappa shape index (κ2) is 6.68. The average molecular weight is 331 g/mol. The molecule has 2 rings (SSSR count). The molecule has 1 amide bonds. The van der Waals surface area contributed by atoms with Gasteiger partial charge >= 0.3 is 0 Å². The SMILES string of the molecule is CN(CCc1ccc(Br)s1)C(=O)C1CCCCN1. The first-order valence-electron chi connectivity index (χ1n) is 6.39. The van der Waals surface area contributed by atoms with Crippen molar-refractivity contribution in [1.82, 2.24) is 10.2 Å². The summed E-state index contributed by atoms with van der Waals surface area (Å²) < 4.78 is 1.15. The van der Waals surface area contributed by atoms with Crippen LogP contribution in [0.15, 0.2) is 15.9 Å². The van der Waals surface area contributed by atoms with Gasteiger partial charge in [-0.2, -0.15) is 0 Å². The van der Waals surface area contributed by atoms with Crippen molar-refractivity contribution < 1.29 is 4.79 Å². The Morgan fingerprint density at radius 3 is 3.00 bits per heavy atom. The summed E-state index contributed by atoms with van der Waals surface area (Å²) in [4.78, 5) is 15.4. The van der Waals surface area contributed by atoms with E-state index in [9.17, 15) is 4.79 Å². The molecule has 1 unspecified atom stereocenters. The van der Waals surface area contributed by atoms with E-state index < -0.39 is 0 Å². The predicted octanol–water partition coefficient (Wildman–Crippen LogP) is 2.65. The number of halogens is 1. The van der Waals surface area contributed by atoms with Gasteiger partial charge in [0.05, 0.1) is 9.83 Å². The largest absolute Gasteiger partial charge is 0.344 e. The fourth-order valence-corrected chi connectivity index (χ4v) is 3.67. The van der Waals surface area contributed by atoms with Gasteiger partial charge in [0, 0.05) is 18.5 Å². The van der Waals surface area contributed by atoms with Gasteiger partial charge in [-0.3, -0.25) is 4.79 Å². The Labute approximate surface area is 121 Å². The predicted molar refractivity (Wildman–Crippen MR) is 79.0 cm³/mol. The lowest BCUT2D eigenvalue weighted by atomic mass is 10.0. The highest BCUT2D eigenvalue weighted by Crippen LogP contribution is 2.22. The minimum absolute atomic E-state index is 0.0406. The molecule has 1 saturated heterocycles. The molecule has 0 radical (unpaired) electrons. The zero-order valence-electron chi connectivity index (χ0n) is 10.6. The number of likely N-dealkylation sites (N-methyl/N-ethyl adjacent to an activating group) is 1. The highest BCUT2D eigenvalue weighted by molar-refractivity contribution is 9.11. The van der Waals surface area contributed by atoms with Crippen molar-refractivity contribution in [3.63, 3.8) is 0 Å². The Balaban J connectivity index is 1.79. The molecule has 5 heteroatoms. The fraction of sp³-hybridized carbons (Fsp3) is 0.615. The molecule has 100 valence electrons. The van der Waals surface area contributed by atoms with Crippen LogP contribution in [-0.2, 0) is 11.2 Å². The number of nitrogens with one attached hydrogen (secondary N) is 1. The molecule has 1 atom stereocenters. The number of carbonyl (C=O) groups excluding carboxylic acids is 1. The molecule has 3 nitrogen and oxygen atoms in total. The quantitative estimate of drug-likeness (QED) is 0.920. The standard InChI is InChI=1S/C13H19BrN2OS/c1-16(9-7-10-5-6-12(14)18-10)13(17)11-4-2-3-8-15-11/h5-6,11,15H,2-4,7-9H2,1H3. The van der Waals surface area contributed by atoms with E-state index in [0.717, 1.165) is 36.1 Å². The van der Waals surface area contributed by atoms with Gasteiger partial charge < -0.3 is 10.2 Å². The summed E-state index contributed by atoms with van der Waals surface area (Å²) in [7, 11) is 1.90. The number of rotatable bonds is 4. The molecule has 0 bridgehead atoms. The van der Waals surface area contributed by atoms with Crippen molar-refractivity contribution in [3.05, 3.63) is 20.8 Å². The lowest BCUT2D eigenvalue weighted by molar-refractivity contribution is -0.132. The minimum Gasteiger partial charge on any atom is -0.344 e. The summed E-state index contributed by atoms with van der Waals surface area (Å²) in [6.07, 6.45) is 4.27. The molecule has 0 aromatic carbocycles. The number of thiophene rings is 1. The number of piperidine rings is 1. The summed E-state index contributed by atoms with van der Waals surface area (Å²) in [5.74, 6) is 0.241. The van der Waals surface area contributed by atoms with Crippen LogP contribution < -0.4 is 5.32 Å². The highest BCUT2D eigenvalue weighted by Gasteiger charge is 2.23. The topological polar surface area (TPSA) is 32.3 Å². The molecule has 0 spiro atoms. The Morgan fingerprint density at radius 1 is 1.56 bits per heavy atom. The smallest absolute Gasteiger partial charge is 0.239 e. The van der Waals surface area contributed by atoms with Gasteiger partial charge in [0.25, 0.3) is 0 Å². The van der Waals surface area contributed by atoms with Crippen molar-refractivity contribution in [2.45, 2.75) is 31.7 Å². The first-order chi connectivity index (χ1) is 8.66. The van der Waals surface area contributed by atoms with Crippen LogP contribution in [0.4, 0.5) is 0 Å². The van der Waals surface area contributed by atoms with Gasteiger partial charge in [0.1, 0.15) is 0 Å².